The highest BCUT2D eigenvalue weighted by Crippen LogP contribution is 2.17. The van der Waals surface area contributed by atoms with Gasteiger partial charge in [0.15, 0.2) is 0 Å². The summed E-state index contributed by atoms with van der Waals surface area (Å²) in [6.45, 7) is 5.59. The Hall–Kier alpha value is -0.970. The molecule has 2 heteroatoms. The lowest BCUT2D eigenvalue weighted by molar-refractivity contribution is 0.350. The smallest absolute Gasteiger partial charge is 0.104 e. The van der Waals surface area contributed by atoms with Crippen molar-refractivity contribution in [1.29, 1.82) is 0 Å². The zero-order chi connectivity index (χ0) is 11.5. The molecule has 0 rings (SSSR count). The van der Waals surface area contributed by atoms with Gasteiger partial charge >= 0.3 is 0 Å². The average molecular weight is 225 g/mol. The van der Waals surface area contributed by atoms with Crippen molar-refractivity contribution in [3.05, 3.63) is 35.4 Å². The summed E-state index contributed by atoms with van der Waals surface area (Å²) in [7, 11) is 0. The molecule has 0 amide bonds. The van der Waals surface area contributed by atoms with Gasteiger partial charge < -0.3 is 5.11 Å². The predicted octanol–water partition coefficient (Wildman–Crippen LogP) is 3.41. The van der Waals surface area contributed by atoms with E-state index in [0.29, 0.717) is 0 Å². The van der Waals surface area contributed by atoms with Crippen molar-refractivity contribution in [1.82, 2.24) is 0 Å². The fraction of sp³-hybridized carbons (Fsp3) is 0.385. The second-order valence-electron chi connectivity index (χ2n) is 2.94. The van der Waals surface area contributed by atoms with E-state index in [1.165, 1.54) is 0 Å². The van der Waals surface area contributed by atoms with Crippen LogP contribution in [0.1, 0.15) is 26.2 Å². The minimum absolute atomic E-state index is 0.0660. The van der Waals surface area contributed by atoms with Crippen molar-refractivity contribution in [3.63, 3.8) is 0 Å². The van der Waals surface area contributed by atoms with Gasteiger partial charge in [0.2, 0.25) is 0 Å². The van der Waals surface area contributed by atoms with Gasteiger partial charge in [-0.05, 0) is 31.4 Å². The summed E-state index contributed by atoms with van der Waals surface area (Å²) in [5.41, 5.74) is 1.04. The van der Waals surface area contributed by atoms with Crippen molar-refractivity contribution in [2.75, 3.05) is 6.61 Å². The van der Waals surface area contributed by atoms with Gasteiger partial charge in [0, 0.05) is 11.5 Å². The van der Waals surface area contributed by atoms with E-state index in [-0.39, 0.29) is 6.61 Å². The number of hydrogen-bond acceptors (Lipinski definition) is 1. The number of hydrogen-bond donors (Lipinski definition) is 1. The Morgan fingerprint density at radius 2 is 2.20 bits per heavy atom. The maximum atomic E-state index is 8.45. The molecule has 0 aromatic rings. The number of aliphatic hydroxyl groups is 1. The molecule has 15 heavy (non-hydrogen) atoms. The molecule has 0 heterocycles. The maximum Gasteiger partial charge on any atom is 0.104 e. The summed E-state index contributed by atoms with van der Waals surface area (Å²) in [5, 5.41) is 9.19. The maximum absolute atomic E-state index is 8.45. The first-order chi connectivity index (χ1) is 7.26. The number of rotatable bonds is 5. The van der Waals surface area contributed by atoms with E-state index in [0.717, 1.165) is 29.9 Å². The third-order valence-electron chi connectivity index (χ3n) is 1.82. The molecule has 1 nitrogen and oxygen atoms in total. The first-order valence-electron chi connectivity index (χ1n) is 4.96. The van der Waals surface area contributed by atoms with Gasteiger partial charge in [-0.15, -0.1) is 5.92 Å². The Labute approximate surface area is 97.1 Å². The molecule has 0 saturated carbocycles. The van der Waals surface area contributed by atoms with Crippen LogP contribution in [0, 0.1) is 11.8 Å². The number of allylic oxidation sites excluding steroid dienone is 5. The minimum Gasteiger partial charge on any atom is -0.384 e. The Morgan fingerprint density at radius 3 is 2.73 bits per heavy atom. The molecule has 0 aliphatic carbocycles. The SMILES string of the molecule is C=C/C(CCCC#CCO)=C(Cl)\C=C/C. The average Bonchev–Trinajstić information content (AvgIpc) is 2.23. The Bertz CT molecular complexity index is 302. The molecule has 82 valence electrons. The van der Waals surface area contributed by atoms with Crippen LogP contribution in [0.5, 0.6) is 0 Å². The first kappa shape index (κ1) is 14.0. The Balaban J connectivity index is 4.12. The van der Waals surface area contributed by atoms with Gasteiger partial charge in [0.25, 0.3) is 0 Å². The van der Waals surface area contributed by atoms with Crippen LogP contribution in [0.2, 0.25) is 0 Å². The molecule has 0 saturated heterocycles. The summed E-state index contributed by atoms with van der Waals surface area (Å²) in [5.74, 6) is 5.48. The van der Waals surface area contributed by atoms with Crippen LogP contribution in [0.3, 0.4) is 0 Å². The normalized spacial score (nSPS) is 11.9. The van der Waals surface area contributed by atoms with Crippen molar-refractivity contribution in [2.24, 2.45) is 0 Å². The molecule has 0 bridgehead atoms. The Kier molecular flexibility index (Phi) is 8.96. The summed E-state index contributed by atoms with van der Waals surface area (Å²) in [6, 6.07) is 0. The lowest BCUT2D eigenvalue weighted by Crippen LogP contribution is -1.83. The largest absolute Gasteiger partial charge is 0.384 e. The van der Waals surface area contributed by atoms with Crippen LogP contribution >= 0.6 is 11.6 Å². The molecule has 0 unspecified atom stereocenters. The highest BCUT2D eigenvalue weighted by Gasteiger charge is 1.97. The zero-order valence-electron chi connectivity index (χ0n) is 9.09. The summed E-state index contributed by atoms with van der Waals surface area (Å²) in [4.78, 5) is 0. The third kappa shape index (κ3) is 7.02. The molecule has 0 spiro atoms. The molecule has 0 aromatic carbocycles. The van der Waals surface area contributed by atoms with Crippen molar-refractivity contribution < 1.29 is 5.11 Å². The van der Waals surface area contributed by atoms with Crippen molar-refractivity contribution in [2.45, 2.75) is 26.2 Å². The highest BCUT2D eigenvalue weighted by molar-refractivity contribution is 6.31. The summed E-state index contributed by atoms with van der Waals surface area (Å²) >= 11 is 6.03. The van der Waals surface area contributed by atoms with Gasteiger partial charge in [-0.1, -0.05) is 36.3 Å². The lowest BCUT2D eigenvalue weighted by Gasteiger charge is -2.01. The van der Waals surface area contributed by atoms with E-state index in [2.05, 4.69) is 18.4 Å². The number of aliphatic hydroxyl groups excluding tert-OH is 1. The topological polar surface area (TPSA) is 20.2 Å². The highest BCUT2D eigenvalue weighted by atomic mass is 35.5. The molecule has 0 radical (unpaired) electrons. The van der Waals surface area contributed by atoms with Gasteiger partial charge in [-0.2, -0.15) is 0 Å². The molecule has 0 atom stereocenters. The van der Waals surface area contributed by atoms with Crippen LogP contribution in [0.15, 0.2) is 35.4 Å². The second kappa shape index (κ2) is 9.58. The predicted molar refractivity (Wildman–Crippen MR) is 66.6 cm³/mol. The number of halogens is 1. The fourth-order valence-corrected chi connectivity index (χ4v) is 1.38. The fourth-order valence-electron chi connectivity index (χ4n) is 1.08. The van der Waals surface area contributed by atoms with Crippen LogP contribution in [0.25, 0.3) is 0 Å². The van der Waals surface area contributed by atoms with Crippen molar-refractivity contribution >= 4 is 11.6 Å². The minimum atomic E-state index is -0.0660. The zero-order valence-corrected chi connectivity index (χ0v) is 9.85. The Morgan fingerprint density at radius 1 is 1.47 bits per heavy atom. The summed E-state index contributed by atoms with van der Waals surface area (Å²) in [6.07, 6.45) is 8.12. The standard InChI is InChI=1S/C13H17ClO/c1-3-9-13(14)12(4-2)10-7-5-6-8-11-15/h3-4,9,15H,2,5,7,10-11H2,1H3/b9-3-,13-12-. The van der Waals surface area contributed by atoms with Crippen molar-refractivity contribution in [3.8, 4) is 11.8 Å². The molecule has 0 aliphatic heterocycles. The molecule has 0 aromatic heterocycles. The van der Waals surface area contributed by atoms with E-state index in [4.69, 9.17) is 16.7 Å². The van der Waals surface area contributed by atoms with Gasteiger partial charge in [-0.3, -0.25) is 0 Å². The van der Waals surface area contributed by atoms with Gasteiger partial charge in [-0.25, -0.2) is 0 Å². The molecular weight excluding hydrogens is 208 g/mol. The molecule has 0 aliphatic rings. The number of unbranched alkanes of at least 4 members (excludes halogenated alkanes) is 1. The van der Waals surface area contributed by atoms with Crippen LogP contribution in [0.4, 0.5) is 0 Å². The second-order valence-corrected chi connectivity index (χ2v) is 3.35. The van der Waals surface area contributed by atoms with E-state index >= 15 is 0 Å². The molecule has 1 N–H and O–H groups in total. The molecule has 0 fully saturated rings. The van der Waals surface area contributed by atoms with E-state index in [1.807, 2.05) is 19.1 Å². The van der Waals surface area contributed by atoms with Crippen LogP contribution in [-0.2, 0) is 0 Å². The quantitative estimate of drug-likeness (QED) is 0.431. The van der Waals surface area contributed by atoms with E-state index in [1.54, 1.807) is 6.08 Å². The van der Waals surface area contributed by atoms with E-state index in [9.17, 15) is 0 Å². The van der Waals surface area contributed by atoms with Crippen LogP contribution in [-0.4, -0.2) is 11.7 Å². The monoisotopic (exact) mass is 224 g/mol. The van der Waals surface area contributed by atoms with Gasteiger partial charge in [0.1, 0.15) is 6.61 Å². The van der Waals surface area contributed by atoms with E-state index < -0.39 is 0 Å². The third-order valence-corrected chi connectivity index (χ3v) is 2.19. The molecular formula is C13H17ClO. The lowest BCUT2D eigenvalue weighted by atomic mass is 10.1. The van der Waals surface area contributed by atoms with Gasteiger partial charge in [0.05, 0.1) is 0 Å². The summed E-state index contributed by atoms with van der Waals surface area (Å²) < 4.78 is 0. The van der Waals surface area contributed by atoms with Crippen LogP contribution < -0.4 is 0 Å². The first-order valence-corrected chi connectivity index (χ1v) is 5.34.